The second kappa shape index (κ2) is 6.93. The molecule has 0 bridgehead atoms. The summed E-state index contributed by atoms with van der Waals surface area (Å²) in [5.74, 6) is 0.848. The van der Waals surface area contributed by atoms with E-state index in [0.717, 1.165) is 16.9 Å². The Morgan fingerprint density at radius 1 is 1.19 bits per heavy atom. The molecule has 0 spiro atoms. The van der Waals surface area contributed by atoms with Crippen LogP contribution in [-0.2, 0) is 11.2 Å². The van der Waals surface area contributed by atoms with E-state index in [2.05, 4.69) is 5.32 Å². The third kappa shape index (κ3) is 4.35. The van der Waals surface area contributed by atoms with Crippen molar-refractivity contribution in [3.8, 4) is 5.75 Å². The molecule has 1 N–H and O–H groups in total. The van der Waals surface area contributed by atoms with Gasteiger partial charge in [0.05, 0.1) is 19.6 Å². The lowest BCUT2D eigenvalue weighted by atomic mass is 10.1. The van der Waals surface area contributed by atoms with Crippen LogP contribution in [-0.4, -0.2) is 13.0 Å². The fourth-order valence-corrected chi connectivity index (χ4v) is 2.28. The molecule has 0 saturated carbocycles. The zero-order valence-electron chi connectivity index (χ0n) is 12.7. The van der Waals surface area contributed by atoms with Gasteiger partial charge in [0.2, 0.25) is 5.91 Å². The minimum Gasteiger partial charge on any atom is -0.497 e. The number of nitrogens with one attached hydrogen (secondary N) is 1. The van der Waals surface area contributed by atoms with Crippen molar-refractivity contribution in [3.05, 3.63) is 65.2 Å². The van der Waals surface area contributed by atoms with Gasteiger partial charge in [0.25, 0.3) is 0 Å². The number of aryl methyl sites for hydroxylation is 1. The maximum Gasteiger partial charge on any atom is 0.224 e. The molecule has 3 heteroatoms. The van der Waals surface area contributed by atoms with Gasteiger partial charge in [-0.15, -0.1) is 0 Å². The predicted molar refractivity (Wildman–Crippen MR) is 84.4 cm³/mol. The predicted octanol–water partition coefficient (Wildman–Crippen LogP) is 3.42. The van der Waals surface area contributed by atoms with Crippen LogP contribution in [0.1, 0.15) is 29.7 Å². The molecule has 3 nitrogen and oxygen atoms in total. The van der Waals surface area contributed by atoms with Crippen molar-refractivity contribution in [1.29, 1.82) is 0 Å². The molecule has 2 aromatic rings. The molecule has 0 heterocycles. The van der Waals surface area contributed by atoms with Gasteiger partial charge in [-0.2, -0.15) is 0 Å². The molecular formula is C18H21NO2. The van der Waals surface area contributed by atoms with Crippen molar-refractivity contribution in [2.24, 2.45) is 0 Å². The second-order valence-corrected chi connectivity index (χ2v) is 5.23. The standard InChI is InChI=1S/C18H21NO2/c1-13-5-4-6-15(11-13)12-18(20)19-14(2)16-7-9-17(21-3)10-8-16/h4-11,14H,12H2,1-3H3,(H,19,20)/t14-/m0/s1. The molecule has 0 fully saturated rings. The van der Waals surface area contributed by atoms with E-state index in [4.69, 9.17) is 4.74 Å². The lowest BCUT2D eigenvalue weighted by molar-refractivity contribution is -0.121. The first-order valence-corrected chi connectivity index (χ1v) is 7.07. The largest absolute Gasteiger partial charge is 0.497 e. The number of hydrogen-bond donors (Lipinski definition) is 1. The Morgan fingerprint density at radius 2 is 1.90 bits per heavy atom. The Kier molecular flexibility index (Phi) is 4.99. The topological polar surface area (TPSA) is 38.3 Å². The Morgan fingerprint density at radius 3 is 2.52 bits per heavy atom. The van der Waals surface area contributed by atoms with Gasteiger partial charge in [-0.25, -0.2) is 0 Å². The Labute approximate surface area is 126 Å². The molecule has 0 aliphatic rings. The SMILES string of the molecule is COc1ccc([C@H](C)NC(=O)Cc2cccc(C)c2)cc1. The normalized spacial score (nSPS) is 11.8. The minimum absolute atomic E-state index is 0.0202. The summed E-state index contributed by atoms with van der Waals surface area (Å²) in [5, 5.41) is 3.02. The van der Waals surface area contributed by atoms with E-state index in [1.807, 2.05) is 62.4 Å². The molecule has 2 rings (SSSR count). The number of methoxy groups -OCH3 is 1. The van der Waals surface area contributed by atoms with Crippen molar-refractivity contribution >= 4 is 5.91 Å². The van der Waals surface area contributed by atoms with E-state index < -0.39 is 0 Å². The maximum absolute atomic E-state index is 12.1. The molecule has 0 aliphatic carbocycles. The number of ether oxygens (including phenoxy) is 1. The molecule has 2 aromatic carbocycles. The first kappa shape index (κ1) is 15.1. The molecule has 0 unspecified atom stereocenters. The van der Waals surface area contributed by atoms with E-state index >= 15 is 0 Å². The van der Waals surface area contributed by atoms with E-state index in [9.17, 15) is 4.79 Å². The van der Waals surface area contributed by atoms with Gasteiger partial charge in [0.15, 0.2) is 0 Å². The summed E-state index contributed by atoms with van der Waals surface area (Å²) in [5.41, 5.74) is 3.27. The number of carbonyl (C=O) groups excluding carboxylic acids is 1. The smallest absolute Gasteiger partial charge is 0.224 e. The average molecular weight is 283 g/mol. The molecule has 0 radical (unpaired) electrons. The maximum atomic E-state index is 12.1. The molecule has 1 atom stereocenters. The summed E-state index contributed by atoms with van der Waals surface area (Å²) < 4.78 is 5.13. The first-order chi connectivity index (χ1) is 10.1. The van der Waals surface area contributed by atoms with Gasteiger partial charge in [-0.1, -0.05) is 42.0 Å². The van der Waals surface area contributed by atoms with Crippen LogP contribution in [0.2, 0.25) is 0 Å². The van der Waals surface area contributed by atoms with Gasteiger partial charge in [-0.05, 0) is 37.1 Å². The lowest BCUT2D eigenvalue weighted by Gasteiger charge is -2.15. The molecule has 1 amide bonds. The van der Waals surface area contributed by atoms with Crippen LogP contribution in [0.3, 0.4) is 0 Å². The highest BCUT2D eigenvalue weighted by molar-refractivity contribution is 5.79. The molecule has 0 saturated heterocycles. The Hall–Kier alpha value is -2.29. The lowest BCUT2D eigenvalue weighted by Crippen LogP contribution is -2.28. The van der Waals surface area contributed by atoms with Crippen LogP contribution in [0.4, 0.5) is 0 Å². The fraction of sp³-hybridized carbons (Fsp3) is 0.278. The molecule has 21 heavy (non-hydrogen) atoms. The van der Waals surface area contributed by atoms with Crippen molar-refractivity contribution in [2.75, 3.05) is 7.11 Å². The molecule has 0 aromatic heterocycles. The fourth-order valence-electron chi connectivity index (χ4n) is 2.28. The Balaban J connectivity index is 1.95. The van der Waals surface area contributed by atoms with Gasteiger partial charge < -0.3 is 10.1 Å². The van der Waals surface area contributed by atoms with Crippen LogP contribution in [0.5, 0.6) is 5.75 Å². The van der Waals surface area contributed by atoms with Crippen LogP contribution in [0.25, 0.3) is 0 Å². The quantitative estimate of drug-likeness (QED) is 0.913. The van der Waals surface area contributed by atoms with Gasteiger partial charge in [-0.3, -0.25) is 4.79 Å². The van der Waals surface area contributed by atoms with E-state index in [0.29, 0.717) is 6.42 Å². The van der Waals surface area contributed by atoms with Gasteiger partial charge >= 0.3 is 0 Å². The number of amides is 1. The van der Waals surface area contributed by atoms with E-state index in [-0.39, 0.29) is 11.9 Å². The molecule has 110 valence electrons. The molecular weight excluding hydrogens is 262 g/mol. The summed E-state index contributed by atoms with van der Waals surface area (Å²) in [6.45, 7) is 4.01. The third-order valence-electron chi connectivity index (χ3n) is 3.44. The average Bonchev–Trinajstić information content (AvgIpc) is 2.47. The van der Waals surface area contributed by atoms with Crippen LogP contribution in [0.15, 0.2) is 48.5 Å². The number of benzene rings is 2. The van der Waals surface area contributed by atoms with Crippen LogP contribution >= 0.6 is 0 Å². The van der Waals surface area contributed by atoms with Crippen molar-refractivity contribution in [3.63, 3.8) is 0 Å². The minimum atomic E-state index is -0.0202. The zero-order chi connectivity index (χ0) is 15.2. The van der Waals surface area contributed by atoms with E-state index in [1.54, 1.807) is 7.11 Å². The monoisotopic (exact) mass is 283 g/mol. The third-order valence-corrected chi connectivity index (χ3v) is 3.44. The van der Waals surface area contributed by atoms with Gasteiger partial charge in [0, 0.05) is 0 Å². The number of rotatable bonds is 5. The van der Waals surface area contributed by atoms with Crippen LogP contribution in [0, 0.1) is 6.92 Å². The van der Waals surface area contributed by atoms with Crippen molar-refractivity contribution in [1.82, 2.24) is 5.32 Å². The Bertz CT molecular complexity index is 605. The first-order valence-electron chi connectivity index (χ1n) is 7.07. The summed E-state index contributed by atoms with van der Waals surface area (Å²) >= 11 is 0. The zero-order valence-corrected chi connectivity index (χ0v) is 12.7. The van der Waals surface area contributed by atoms with E-state index in [1.165, 1.54) is 5.56 Å². The second-order valence-electron chi connectivity index (χ2n) is 5.23. The summed E-state index contributed by atoms with van der Waals surface area (Å²) in [7, 11) is 1.64. The highest BCUT2D eigenvalue weighted by Crippen LogP contribution is 2.17. The van der Waals surface area contributed by atoms with Crippen molar-refractivity contribution < 1.29 is 9.53 Å². The highest BCUT2D eigenvalue weighted by atomic mass is 16.5. The van der Waals surface area contributed by atoms with Crippen LogP contribution < -0.4 is 10.1 Å². The highest BCUT2D eigenvalue weighted by Gasteiger charge is 2.10. The summed E-state index contributed by atoms with van der Waals surface area (Å²) in [4.78, 5) is 12.1. The van der Waals surface area contributed by atoms with Crippen molar-refractivity contribution in [2.45, 2.75) is 26.3 Å². The summed E-state index contributed by atoms with van der Waals surface area (Å²) in [6, 6.07) is 15.7. The van der Waals surface area contributed by atoms with Gasteiger partial charge in [0.1, 0.15) is 5.75 Å². The summed E-state index contributed by atoms with van der Waals surface area (Å²) in [6.07, 6.45) is 0.405. The number of carbonyl (C=O) groups is 1. The number of hydrogen-bond acceptors (Lipinski definition) is 2. The molecule has 0 aliphatic heterocycles.